The summed E-state index contributed by atoms with van der Waals surface area (Å²) in [6.07, 6.45) is 1.11. The average Bonchev–Trinajstić information content (AvgIpc) is 2.63. The second-order valence-electron chi connectivity index (χ2n) is 5.62. The maximum absolute atomic E-state index is 12.3. The van der Waals surface area contributed by atoms with Crippen LogP contribution >= 0.6 is 34.8 Å². The molecule has 0 aliphatic heterocycles. The lowest BCUT2D eigenvalue weighted by Gasteiger charge is -2.14. The molecule has 2 aromatic carbocycles. The largest absolute Gasteiger partial charge is 0.496 e. The molecular formula is C19H21IN2O3S. The van der Waals surface area contributed by atoms with Crippen LogP contribution in [0.4, 0.5) is 5.69 Å². The fourth-order valence-electron chi connectivity index (χ4n) is 2.08. The molecule has 0 heterocycles. The number of benzene rings is 2. The number of amides is 1. The number of nitrogens with one attached hydrogen (secondary N) is 2. The van der Waals surface area contributed by atoms with Crippen molar-refractivity contribution in [1.82, 2.24) is 5.32 Å². The molecule has 1 atom stereocenters. The van der Waals surface area contributed by atoms with Gasteiger partial charge in [-0.2, -0.15) is 0 Å². The first-order chi connectivity index (χ1) is 12.4. The number of ether oxygens (including phenoxy) is 2. The molecule has 26 heavy (non-hydrogen) atoms. The third-order valence-corrected chi connectivity index (χ3v) is 4.71. The number of hydrogen-bond acceptors (Lipinski definition) is 4. The highest BCUT2D eigenvalue weighted by Crippen LogP contribution is 2.21. The second-order valence-corrected chi connectivity index (χ2v) is 7.19. The van der Waals surface area contributed by atoms with E-state index in [1.54, 1.807) is 25.3 Å². The molecule has 0 saturated carbocycles. The van der Waals surface area contributed by atoms with Crippen molar-refractivity contribution in [2.75, 3.05) is 12.4 Å². The molecule has 0 aromatic heterocycles. The first-order valence-corrected chi connectivity index (χ1v) is 9.64. The minimum absolute atomic E-state index is 0.168. The van der Waals surface area contributed by atoms with Crippen molar-refractivity contribution in [2.45, 2.75) is 26.4 Å². The van der Waals surface area contributed by atoms with E-state index in [1.165, 1.54) is 0 Å². The lowest BCUT2D eigenvalue weighted by Crippen LogP contribution is -2.34. The zero-order valence-electron chi connectivity index (χ0n) is 14.8. The molecule has 2 aromatic rings. The summed E-state index contributed by atoms with van der Waals surface area (Å²) in [4.78, 5) is 12.3. The normalized spacial score (nSPS) is 11.4. The van der Waals surface area contributed by atoms with Crippen molar-refractivity contribution >= 4 is 51.5 Å². The van der Waals surface area contributed by atoms with E-state index in [9.17, 15) is 4.79 Å². The molecule has 7 heteroatoms. The smallest absolute Gasteiger partial charge is 0.257 e. The Morgan fingerprint density at radius 1 is 1.23 bits per heavy atom. The molecule has 0 aliphatic carbocycles. The molecule has 5 nitrogen and oxygen atoms in total. The van der Waals surface area contributed by atoms with Gasteiger partial charge in [-0.15, -0.1) is 0 Å². The number of rotatable bonds is 6. The van der Waals surface area contributed by atoms with Crippen molar-refractivity contribution in [1.29, 1.82) is 0 Å². The average molecular weight is 484 g/mol. The Labute approximate surface area is 172 Å². The van der Waals surface area contributed by atoms with Crippen LogP contribution in [0.2, 0.25) is 0 Å². The van der Waals surface area contributed by atoms with Gasteiger partial charge in [-0.3, -0.25) is 10.1 Å². The zero-order chi connectivity index (χ0) is 19.1. The molecule has 2 N–H and O–H groups in total. The van der Waals surface area contributed by atoms with Crippen LogP contribution in [0.15, 0.2) is 42.5 Å². The van der Waals surface area contributed by atoms with Crippen LogP contribution in [-0.4, -0.2) is 24.2 Å². The van der Waals surface area contributed by atoms with E-state index in [4.69, 9.17) is 21.7 Å². The van der Waals surface area contributed by atoms with Crippen LogP contribution in [0, 0.1) is 3.57 Å². The maximum atomic E-state index is 12.3. The monoisotopic (exact) mass is 484 g/mol. The van der Waals surface area contributed by atoms with Gasteiger partial charge in [0.25, 0.3) is 5.91 Å². The molecule has 0 spiro atoms. The Morgan fingerprint density at radius 3 is 2.50 bits per heavy atom. The molecule has 0 radical (unpaired) electrons. The van der Waals surface area contributed by atoms with E-state index in [-0.39, 0.29) is 17.1 Å². The minimum atomic E-state index is -0.278. The summed E-state index contributed by atoms with van der Waals surface area (Å²) in [5, 5.41) is 5.90. The first-order valence-electron chi connectivity index (χ1n) is 8.15. The molecule has 2 rings (SSSR count). The lowest BCUT2D eigenvalue weighted by molar-refractivity contribution is 0.0977. The van der Waals surface area contributed by atoms with Crippen LogP contribution in [-0.2, 0) is 0 Å². The van der Waals surface area contributed by atoms with Crippen LogP contribution < -0.4 is 20.1 Å². The van der Waals surface area contributed by atoms with Crippen molar-refractivity contribution in [3.8, 4) is 11.5 Å². The summed E-state index contributed by atoms with van der Waals surface area (Å²) in [6, 6.07) is 12.6. The van der Waals surface area contributed by atoms with Gasteiger partial charge in [0, 0.05) is 11.3 Å². The van der Waals surface area contributed by atoms with E-state index >= 15 is 0 Å². The van der Waals surface area contributed by atoms with Gasteiger partial charge in [0.2, 0.25) is 0 Å². The molecule has 138 valence electrons. The topological polar surface area (TPSA) is 59.6 Å². The number of halogens is 1. The molecule has 1 unspecified atom stereocenters. The van der Waals surface area contributed by atoms with Crippen LogP contribution in [0.5, 0.6) is 11.5 Å². The fourth-order valence-corrected chi connectivity index (χ4v) is 3.02. The number of hydrogen-bond donors (Lipinski definition) is 2. The highest BCUT2D eigenvalue weighted by atomic mass is 127. The highest BCUT2D eigenvalue weighted by molar-refractivity contribution is 14.1. The quantitative estimate of drug-likeness (QED) is 0.464. The standard InChI is InChI=1S/C19H21IN2O3S/c1-4-12(2)25-15-8-6-14(7-9-15)21-19(26)22-18(23)13-5-10-17(24-3)16(20)11-13/h5-12H,4H2,1-3H3,(H2,21,22,23,26). The van der Waals surface area contributed by atoms with Crippen LogP contribution in [0.25, 0.3) is 0 Å². The van der Waals surface area contributed by atoms with Gasteiger partial charge >= 0.3 is 0 Å². The number of methoxy groups -OCH3 is 1. The zero-order valence-corrected chi connectivity index (χ0v) is 17.8. The van der Waals surface area contributed by atoms with Crippen molar-refractivity contribution in [2.24, 2.45) is 0 Å². The molecule has 0 aliphatic rings. The van der Waals surface area contributed by atoms with Gasteiger partial charge in [0.05, 0.1) is 16.8 Å². The Balaban J connectivity index is 1.93. The Bertz CT molecular complexity index is 781. The number of anilines is 1. The number of thiocarbonyl (C=S) groups is 1. The maximum Gasteiger partial charge on any atom is 0.257 e. The van der Waals surface area contributed by atoms with Crippen molar-refractivity contribution < 1.29 is 14.3 Å². The Morgan fingerprint density at radius 2 is 1.92 bits per heavy atom. The summed E-state index contributed by atoms with van der Waals surface area (Å²) >= 11 is 7.33. The second kappa shape index (κ2) is 9.72. The minimum Gasteiger partial charge on any atom is -0.496 e. The highest BCUT2D eigenvalue weighted by Gasteiger charge is 2.11. The van der Waals surface area contributed by atoms with Crippen LogP contribution in [0.3, 0.4) is 0 Å². The van der Waals surface area contributed by atoms with E-state index in [2.05, 4.69) is 40.1 Å². The molecular weight excluding hydrogens is 463 g/mol. The third-order valence-electron chi connectivity index (χ3n) is 3.67. The van der Waals surface area contributed by atoms with E-state index in [1.807, 2.05) is 31.2 Å². The predicted octanol–water partition coefficient (Wildman–Crippen LogP) is 4.60. The molecule has 1 amide bonds. The summed E-state index contributed by atoms with van der Waals surface area (Å²) in [6.45, 7) is 4.10. The van der Waals surface area contributed by atoms with Gasteiger partial charge in [-0.25, -0.2) is 0 Å². The molecule has 0 bridgehead atoms. The van der Waals surface area contributed by atoms with Crippen LogP contribution in [0.1, 0.15) is 30.6 Å². The summed E-state index contributed by atoms with van der Waals surface area (Å²) in [7, 11) is 1.59. The van der Waals surface area contributed by atoms with E-state index in [0.29, 0.717) is 5.56 Å². The van der Waals surface area contributed by atoms with E-state index < -0.39 is 0 Å². The van der Waals surface area contributed by atoms with Crippen molar-refractivity contribution in [3.63, 3.8) is 0 Å². The van der Waals surface area contributed by atoms with Gasteiger partial charge in [-0.05, 0) is 90.6 Å². The third kappa shape index (κ3) is 5.84. The summed E-state index contributed by atoms with van der Waals surface area (Å²) < 4.78 is 11.8. The number of carbonyl (C=O) groups excluding carboxylic acids is 1. The van der Waals surface area contributed by atoms with Gasteiger partial charge in [0.1, 0.15) is 11.5 Å². The SMILES string of the molecule is CCC(C)Oc1ccc(NC(=S)NC(=O)c2ccc(OC)c(I)c2)cc1. The van der Waals surface area contributed by atoms with Gasteiger partial charge in [0.15, 0.2) is 5.11 Å². The van der Waals surface area contributed by atoms with Gasteiger partial charge in [-0.1, -0.05) is 6.92 Å². The lowest BCUT2D eigenvalue weighted by atomic mass is 10.2. The molecule has 0 fully saturated rings. The van der Waals surface area contributed by atoms with Gasteiger partial charge < -0.3 is 14.8 Å². The summed E-state index contributed by atoms with van der Waals surface area (Å²) in [5.74, 6) is 1.25. The Hall–Kier alpha value is -1.87. The number of carbonyl (C=O) groups is 1. The van der Waals surface area contributed by atoms with Crippen molar-refractivity contribution in [3.05, 3.63) is 51.6 Å². The van der Waals surface area contributed by atoms with E-state index in [0.717, 1.165) is 27.2 Å². The first kappa shape index (κ1) is 20.4. The Kier molecular flexibility index (Phi) is 7.65. The predicted molar refractivity (Wildman–Crippen MR) is 116 cm³/mol. The summed E-state index contributed by atoms with van der Waals surface area (Å²) in [5.41, 5.74) is 1.28. The molecule has 0 saturated heterocycles. The fraction of sp³-hybridized carbons (Fsp3) is 0.263.